The molecule has 2 aromatic carbocycles. The second kappa shape index (κ2) is 5.69. The number of rotatable bonds is 3. The molecule has 0 aliphatic carbocycles. The zero-order chi connectivity index (χ0) is 15.5. The topological polar surface area (TPSA) is 70.4 Å². The van der Waals surface area contributed by atoms with E-state index < -0.39 is 5.97 Å². The average Bonchev–Trinajstić information content (AvgIpc) is 2.53. The minimum Gasteiger partial charge on any atom is -0.508 e. The smallest absolute Gasteiger partial charge is 0.336 e. The number of carboxylic acids is 1. The van der Waals surface area contributed by atoms with Crippen LogP contribution in [0.4, 0.5) is 0 Å². The van der Waals surface area contributed by atoms with Gasteiger partial charge < -0.3 is 10.2 Å². The predicted molar refractivity (Wildman–Crippen MR) is 85.4 cm³/mol. The lowest BCUT2D eigenvalue weighted by atomic mass is 10.0. The number of phenolic OH excluding ortho intramolecular Hbond substituents is 1. The SMILES string of the molecule is O=C(O)C(=Cc1ccnc2ccccc12)c1ccc(O)cc1. The predicted octanol–water partition coefficient (Wildman–Crippen LogP) is 3.57. The summed E-state index contributed by atoms with van der Waals surface area (Å²) in [5.41, 5.74) is 2.30. The van der Waals surface area contributed by atoms with Gasteiger partial charge >= 0.3 is 5.97 Å². The summed E-state index contributed by atoms with van der Waals surface area (Å²) in [6.07, 6.45) is 3.28. The van der Waals surface area contributed by atoms with Gasteiger partial charge in [-0.05, 0) is 41.5 Å². The number of hydrogen-bond acceptors (Lipinski definition) is 3. The van der Waals surface area contributed by atoms with Gasteiger partial charge in [0.2, 0.25) is 0 Å². The van der Waals surface area contributed by atoms with Gasteiger partial charge in [0.15, 0.2) is 0 Å². The molecule has 1 heterocycles. The normalized spacial score (nSPS) is 11.5. The fraction of sp³-hybridized carbons (Fsp3) is 0. The first-order valence-electron chi connectivity index (χ1n) is 6.73. The van der Waals surface area contributed by atoms with Crippen molar-refractivity contribution >= 4 is 28.5 Å². The van der Waals surface area contributed by atoms with E-state index in [1.54, 1.807) is 30.5 Å². The summed E-state index contributed by atoms with van der Waals surface area (Å²) < 4.78 is 0. The summed E-state index contributed by atoms with van der Waals surface area (Å²) in [7, 11) is 0. The highest BCUT2D eigenvalue weighted by atomic mass is 16.4. The minimum atomic E-state index is -1.02. The van der Waals surface area contributed by atoms with Gasteiger partial charge in [-0.1, -0.05) is 30.3 Å². The maximum atomic E-state index is 11.6. The number of phenols is 1. The molecule has 0 spiro atoms. The van der Waals surface area contributed by atoms with E-state index in [0.29, 0.717) is 5.56 Å². The van der Waals surface area contributed by atoms with Gasteiger partial charge in [0.05, 0.1) is 11.1 Å². The molecule has 3 aromatic rings. The van der Waals surface area contributed by atoms with Crippen LogP contribution >= 0.6 is 0 Å². The lowest BCUT2D eigenvalue weighted by Gasteiger charge is -2.06. The van der Waals surface area contributed by atoms with E-state index in [1.165, 1.54) is 12.1 Å². The molecule has 4 heteroatoms. The molecular formula is C18H13NO3. The third-order valence-corrected chi connectivity index (χ3v) is 3.39. The largest absolute Gasteiger partial charge is 0.508 e. The molecule has 0 aliphatic heterocycles. The molecule has 1 aromatic heterocycles. The van der Waals surface area contributed by atoms with Crippen LogP contribution in [-0.4, -0.2) is 21.2 Å². The number of carbonyl (C=O) groups is 1. The van der Waals surface area contributed by atoms with Crippen LogP contribution in [0, 0.1) is 0 Å². The molecule has 0 amide bonds. The standard InChI is InChI=1S/C18H13NO3/c20-14-7-5-12(6-8-14)16(18(21)22)11-13-9-10-19-17-4-2-1-3-15(13)17/h1-11,20H,(H,21,22). The second-order valence-electron chi connectivity index (χ2n) is 4.83. The van der Waals surface area contributed by atoms with Crippen LogP contribution in [0.5, 0.6) is 5.75 Å². The molecule has 0 fully saturated rings. The van der Waals surface area contributed by atoms with Gasteiger partial charge in [0, 0.05) is 11.6 Å². The van der Waals surface area contributed by atoms with Crippen molar-refractivity contribution in [3.05, 3.63) is 71.9 Å². The number of benzene rings is 2. The zero-order valence-corrected chi connectivity index (χ0v) is 11.6. The Balaban J connectivity index is 2.17. The van der Waals surface area contributed by atoms with Gasteiger partial charge in [0.1, 0.15) is 5.75 Å². The van der Waals surface area contributed by atoms with Crippen LogP contribution in [0.15, 0.2) is 60.8 Å². The summed E-state index contributed by atoms with van der Waals surface area (Å²) in [5, 5.41) is 19.7. The average molecular weight is 291 g/mol. The van der Waals surface area contributed by atoms with Gasteiger partial charge in [-0.15, -0.1) is 0 Å². The Labute approximate surface area is 127 Å². The van der Waals surface area contributed by atoms with Crippen molar-refractivity contribution in [3.8, 4) is 5.75 Å². The maximum absolute atomic E-state index is 11.6. The van der Waals surface area contributed by atoms with Crippen LogP contribution in [-0.2, 0) is 4.79 Å². The molecule has 0 radical (unpaired) electrons. The maximum Gasteiger partial charge on any atom is 0.336 e. The van der Waals surface area contributed by atoms with Crippen LogP contribution in [0.3, 0.4) is 0 Å². The molecule has 0 bridgehead atoms. The summed E-state index contributed by atoms with van der Waals surface area (Å²) >= 11 is 0. The molecule has 108 valence electrons. The Morgan fingerprint density at radius 2 is 1.73 bits per heavy atom. The van der Waals surface area contributed by atoms with E-state index in [0.717, 1.165) is 16.5 Å². The molecule has 0 saturated carbocycles. The Kier molecular flexibility index (Phi) is 3.58. The van der Waals surface area contributed by atoms with E-state index in [4.69, 9.17) is 0 Å². The lowest BCUT2D eigenvalue weighted by molar-refractivity contribution is -0.130. The van der Waals surface area contributed by atoms with E-state index in [-0.39, 0.29) is 11.3 Å². The van der Waals surface area contributed by atoms with Crippen molar-refractivity contribution in [1.82, 2.24) is 4.98 Å². The summed E-state index contributed by atoms with van der Waals surface area (Å²) in [4.78, 5) is 15.8. The third kappa shape index (κ3) is 2.67. The zero-order valence-electron chi connectivity index (χ0n) is 11.6. The van der Waals surface area contributed by atoms with Crippen molar-refractivity contribution in [2.45, 2.75) is 0 Å². The van der Waals surface area contributed by atoms with Crippen molar-refractivity contribution in [1.29, 1.82) is 0 Å². The minimum absolute atomic E-state index is 0.0999. The number of pyridine rings is 1. The van der Waals surface area contributed by atoms with Crippen molar-refractivity contribution in [3.63, 3.8) is 0 Å². The quantitative estimate of drug-likeness (QED) is 0.724. The molecule has 0 unspecified atom stereocenters. The highest BCUT2D eigenvalue weighted by Gasteiger charge is 2.11. The number of para-hydroxylation sites is 1. The third-order valence-electron chi connectivity index (χ3n) is 3.39. The van der Waals surface area contributed by atoms with Crippen LogP contribution in [0.1, 0.15) is 11.1 Å². The molecule has 4 nitrogen and oxygen atoms in total. The molecule has 0 saturated heterocycles. The van der Waals surface area contributed by atoms with Crippen LogP contribution in [0.25, 0.3) is 22.6 Å². The van der Waals surface area contributed by atoms with Crippen molar-refractivity contribution in [2.75, 3.05) is 0 Å². The number of aromatic nitrogens is 1. The van der Waals surface area contributed by atoms with Crippen LogP contribution in [0.2, 0.25) is 0 Å². The number of aromatic hydroxyl groups is 1. The monoisotopic (exact) mass is 291 g/mol. The first-order valence-corrected chi connectivity index (χ1v) is 6.73. The number of nitrogens with zero attached hydrogens (tertiary/aromatic N) is 1. The number of hydrogen-bond donors (Lipinski definition) is 2. The van der Waals surface area contributed by atoms with Crippen molar-refractivity contribution in [2.24, 2.45) is 0 Å². The van der Waals surface area contributed by atoms with E-state index >= 15 is 0 Å². The Bertz CT molecular complexity index is 862. The summed E-state index contributed by atoms with van der Waals surface area (Å²) in [6.45, 7) is 0. The summed E-state index contributed by atoms with van der Waals surface area (Å²) in [5.74, 6) is -0.922. The highest BCUT2D eigenvalue weighted by molar-refractivity contribution is 6.21. The number of aliphatic carboxylic acids is 1. The molecule has 0 atom stereocenters. The number of carboxylic acid groups (broad SMARTS) is 1. The van der Waals surface area contributed by atoms with Gasteiger partial charge in [-0.3, -0.25) is 4.98 Å². The Hall–Kier alpha value is -3.14. The Morgan fingerprint density at radius 1 is 1.00 bits per heavy atom. The molecule has 0 aliphatic rings. The highest BCUT2D eigenvalue weighted by Crippen LogP contribution is 2.24. The van der Waals surface area contributed by atoms with Gasteiger partial charge in [-0.2, -0.15) is 0 Å². The number of fused-ring (bicyclic) bond motifs is 1. The first kappa shape index (κ1) is 13.8. The fourth-order valence-electron chi connectivity index (χ4n) is 2.31. The second-order valence-corrected chi connectivity index (χ2v) is 4.83. The molecular weight excluding hydrogens is 278 g/mol. The first-order chi connectivity index (χ1) is 10.6. The lowest BCUT2D eigenvalue weighted by Crippen LogP contribution is -1.99. The van der Waals surface area contributed by atoms with Crippen LogP contribution < -0.4 is 0 Å². The van der Waals surface area contributed by atoms with E-state index in [1.807, 2.05) is 24.3 Å². The van der Waals surface area contributed by atoms with Gasteiger partial charge in [-0.25, -0.2) is 4.79 Å². The fourth-order valence-corrected chi connectivity index (χ4v) is 2.31. The molecule has 3 rings (SSSR count). The van der Waals surface area contributed by atoms with E-state index in [2.05, 4.69) is 4.98 Å². The summed E-state index contributed by atoms with van der Waals surface area (Å²) in [6, 6.07) is 15.5. The van der Waals surface area contributed by atoms with Gasteiger partial charge in [0.25, 0.3) is 0 Å². The molecule has 2 N–H and O–H groups in total. The molecule has 22 heavy (non-hydrogen) atoms. The Morgan fingerprint density at radius 3 is 2.45 bits per heavy atom. The van der Waals surface area contributed by atoms with Crippen molar-refractivity contribution < 1.29 is 15.0 Å². The van der Waals surface area contributed by atoms with E-state index in [9.17, 15) is 15.0 Å².